The Balaban J connectivity index is 1.50. The Morgan fingerprint density at radius 2 is 1.77 bits per heavy atom. The molecular weight excluding hydrogens is 412 g/mol. The van der Waals surface area contributed by atoms with E-state index < -0.39 is 0 Å². The quantitative estimate of drug-likeness (QED) is 0.331. The van der Waals surface area contributed by atoms with Crippen LogP contribution in [-0.4, -0.2) is 23.5 Å². The molecule has 1 aliphatic heterocycles. The summed E-state index contributed by atoms with van der Waals surface area (Å²) in [5.41, 5.74) is 2.73. The van der Waals surface area contributed by atoms with Crippen LogP contribution in [-0.2, 0) is 12.3 Å². The third-order valence-corrected chi connectivity index (χ3v) is 6.18. The van der Waals surface area contributed by atoms with Crippen LogP contribution in [0.1, 0.15) is 11.1 Å². The molecular formula is C24H20N2O4S. The van der Waals surface area contributed by atoms with Gasteiger partial charge in [0.1, 0.15) is 5.75 Å². The van der Waals surface area contributed by atoms with E-state index in [1.165, 1.54) is 0 Å². The number of benzene rings is 3. The molecule has 5 rings (SSSR count). The fraction of sp³-hybridized carbons (Fsp3) is 0.167. The predicted molar refractivity (Wildman–Crippen MR) is 120 cm³/mol. The van der Waals surface area contributed by atoms with Gasteiger partial charge in [0, 0.05) is 5.75 Å². The SMILES string of the molecule is COc1ccc(CSc2nc3ccccc3c(=O)n2Cc2ccc3c(c2)OCO3)cc1. The summed E-state index contributed by atoms with van der Waals surface area (Å²) in [7, 11) is 1.65. The van der Waals surface area contributed by atoms with Gasteiger partial charge in [0.25, 0.3) is 5.56 Å². The lowest BCUT2D eigenvalue weighted by atomic mass is 10.2. The van der Waals surface area contributed by atoms with Gasteiger partial charge in [-0.3, -0.25) is 9.36 Å². The summed E-state index contributed by atoms with van der Waals surface area (Å²) in [6.07, 6.45) is 0. The number of methoxy groups -OCH3 is 1. The van der Waals surface area contributed by atoms with Gasteiger partial charge in [-0.15, -0.1) is 0 Å². The Morgan fingerprint density at radius 3 is 2.61 bits per heavy atom. The minimum absolute atomic E-state index is 0.0551. The van der Waals surface area contributed by atoms with E-state index in [1.54, 1.807) is 23.4 Å². The number of rotatable bonds is 6. The number of fused-ring (bicyclic) bond motifs is 2. The molecule has 0 amide bonds. The van der Waals surface area contributed by atoms with E-state index >= 15 is 0 Å². The highest BCUT2D eigenvalue weighted by Crippen LogP contribution is 2.33. The average Bonchev–Trinajstić information content (AvgIpc) is 3.28. The lowest BCUT2D eigenvalue weighted by Gasteiger charge is -2.14. The topological polar surface area (TPSA) is 62.6 Å². The first-order valence-electron chi connectivity index (χ1n) is 9.85. The largest absolute Gasteiger partial charge is 0.497 e. The van der Waals surface area contributed by atoms with Gasteiger partial charge < -0.3 is 14.2 Å². The molecule has 1 aliphatic rings. The van der Waals surface area contributed by atoms with Crippen molar-refractivity contribution in [2.75, 3.05) is 13.9 Å². The second-order valence-corrected chi connectivity index (χ2v) is 8.07. The molecule has 0 aliphatic carbocycles. The third kappa shape index (κ3) is 3.96. The second-order valence-electron chi connectivity index (χ2n) is 7.13. The Labute approximate surface area is 183 Å². The second kappa shape index (κ2) is 8.35. The van der Waals surface area contributed by atoms with Crippen molar-refractivity contribution >= 4 is 22.7 Å². The summed E-state index contributed by atoms with van der Waals surface area (Å²) in [5.74, 6) is 2.93. The number of nitrogens with zero attached hydrogens (tertiary/aromatic N) is 2. The molecule has 156 valence electrons. The summed E-state index contributed by atoms with van der Waals surface area (Å²) in [5, 5.41) is 1.29. The van der Waals surface area contributed by atoms with Gasteiger partial charge in [-0.1, -0.05) is 42.1 Å². The molecule has 4 aromatic rings. The smallest absolute Gasteiger partial charge is 0.262 e. The van der Waals surface area contributed by atoms with Crippen molar-refractivity contribution in [2.24, 2.45) is 0 Å². The van der Waals surface area contributed by atoms with Crippen LogP contribution in [0.4, 0.5) is 0 Å². The van der Waals surface area contributed by atoms with Crippen molar-refractivity contribution < 1.29 is 14.2 Å². The maximum atomic E-state index is 13.3. The number of aromatic nitrogens is 2. The van der Waals surface area contributed by atoms with E-state index in [1.807, 2.05) is 66.7 Å². The number of thioether (sulfide) groups is 1. The number of hydrogen-bond donors (Lipinski definition) is 0. The Morgan fingerprint density at radius 1 is 1.00 bits per heavy atom. The Hall–Kier alpha value is -3.45. The summed E-state index contributed by atoms with van der Waals surface area (Å²) in [6, 6.07) is 21.1. The van der Waals surface area contributed by atoms with Gasteiger partial charge in [0.15, 0.2) is 16.7 Å². The third-order valence-electron chi connectivity index (χ3n) is 5.13. The van der Waals surface area contributed by atoms with Crippen molar-refractivity contribution in [1.29, 1.82) is 0 Å². The van der Waals surface area contributed by atoms with Crippen LogP contribution in [0.25, 0.3) is 10.9 Å². The van der Waals surface area contributed by atoms with E-state index in [4.69, 9.17) is 19.2 Å². The maximum Gasteiger partial charge on any atom is 0.262 e. The monoisotopic (exact) mass is 432 g/mol. The van der Waals surface area contributed by atoms with E-state index in [0.29, 0.717) is 34.1 Å². The lowest BCUT2D eigenvalue weighted by molar-refractivity contribution is 0.174. The van der Waals surface area contributed by atoms with Crippen LogP contribution in [0.2, 0.25) is 0 Å². The molecule has 0 N–H and O–H groups in total. The standard InChI is InChI=1S/C24H20N2O4S/c1-28-18-9-6-16(7-10-18)14-31-24-25-20-5-3-2-4-19(20)23(27)26(24)13-17-8-11-21-22(12-17)30-15-29-21/h2-12H,13-15H2,1H3. The molecule has 2 heterocycles. The molecule has 0 bridgehead atoms. The molecule has 0 radical (unpaired) electrons. The predicted octanol–water partition coefficient (Wildman–Crippen LogP) is 4.47. The molecule has 7 heteroatoms. The molecule has 0 unspecified atom stereocenters. The molecule has 0 saturated carbocycles. The highest BCUT2D eigenvalue weighted by molar-refractivity contribution is 7.98. The molecule has 1 aromatic heterocycles. The van der Waals surface area contributed by atoms with E-state index in [0.717, 1.165) is 22.6 Å². The van der Waals surface area contributed by atoms with E-state index in [9.17, 15) is 4.79 Å². The van der Waals surface area contributed by atoms with Crippen molar-refractivity contribution in [3.63, 3.8) is 0 Å². The first-order chi connectivity index (χ1) is 15.2. The first-order valence-corrected chi connectivity index (χ1v) is 10.8. The summed E-state index contributed by atoms with van der Waals surface area (Å²) in [4.78, 5) is 18.1. The van der Waals surface area contributed by atoms with Crippen molar-refractivity contribution in [3.05, 3.63) is 88.2 Å². The number of hydrogen-bond acceptors (Lipinski definition) is 6. The minimum atomic E-state index is -0.0551. The van der Waals surface area contributed by atoms with E-state index in [-0.39, 0.29) is 12.4 Å². The zero-order valence-electron chi connectivity index (χ0n) is 16.9. The zero-order chi connectivity index (χ0) is 21.2. The Kier molecular flexibility index (Phi) is 5.26. The van der Waals surface area contributed by atoms with Gasteiger partial charge in [-0.05, 0) is 47.5 Å². The highest BCUT2D eigenvalue weighted by atomic mass is 32.2. The van der Waals surface area contributed by atoms with Gasteiger partial charge in [0.2, 0.25) is 6.79 Å². The maximum absolute atomic E-state index is 13.3. The molecule has 31 heavy (non-hydrogen) atoms. The fourth-order valence-electron chi connectivity index (χ4n) is 3.49. The average molecular weight is 433 g/mol. The van der Waals surface area contributed by atoms with E-state index in [2.05, 4.69) is 0 Å². The number of para-hydroxylation sites is 1. The summed E-state index contributed by atoms with van der Waals surface area (Å²) in [6.45, 7) is 0.623. The highest BCUT2D eigenvalue weighted by Gasteiger charge is 2.16. The van der Waals surface area contributed by atoms with Crippen LogP contribution in [0.5, 0.6) is 17.2 Å². The normalized spacial score (nSPS) is 12.3. The van der Waals surface area contributed by atoms with Crippen molar-refractivity contribution in [1.82, 2.24) is 9.55 Å². The molecule has 0 spiro atoms. The Bertz CT molecular complexity index is 1300. The molecule has 0 atom stereocenters. The minimum Gasteiger partial charge on any atom is -0.497 e. The lowest BCUT2D eigenvalue weighted by Crippen LogP contribution is -2.24. The van der Waals surface area contributed by atoms with Crippen molar-refractivity contribution in [3.8, 4) is 17.2 Å². The molecule has 3 aromatic carbocycles. The summed E-state index contributed by atoms with van der Waals surface area (Å²) < 4.78 is 17.8. The molecule has 0 fully saturated rings. The van der Waals surface area contributed by atoms with Gasteiger partial charge in [0.05, 0.1) is 24.6 Å². The van der Waals surface area contributed by atoms with Gasteiger partial charge in [-0.2, -0.15) is 0 Å². The first kappa shape index (κ1) is 19.5. The van der Waals surface area contributed by atoms with Gasteiger partial charge >= 0.3 is 0 Å². The summed E-state index contributed by atoms with van der Waals surface area (Å²) >= 11 is 1.54. The van der Waals surface area contributed by atoms with Crippen LogP contribution in [0.3, 0.4) is 0 Å². The van der Waals surface area contributed by atoms with Gasteiger partial charge in [-0.25, -0.2) is 4.98 Å². The van der Waals surface area contributed by atoms with Crippen LogP contribution < -0.4 is 19.8 Å². The van der Waals surface area contributed by atoms with Crippen LogP contribution >= 0.6 is 11.8 Å². The van der Waals surface area contributed by atoms with Crippen molar-refractivity contribution in [2.45, 2.75) is 17.5 Å². The molecule has 6 nitrogen and oxygen atoms in total. The van der Waals surface area contributed by atoms with Crippen LogP contribution in [0, 0.1) is 0 Å². The fourth-order valence-corrected chi connectivity index (χ4v) is 4.44. The molecule has 0 saturated heterocycles. The zero-order valence-corrected chi connectivity index (χ0v) is 17.7. The van der Waals surface area contributed by atoms with Crippen LogP contribution in [0.15, 0.2) is 76.7 Å². The number of ether oxygens (including phenoxy) is 3.